The Kier molecular flexibility index (Phi) is 4.07. The summed E-state index contributed by atoms with van der Waals surface area (Å²) in [6.45, 7) is 0. The van der Waals surface area contributed by atoms with Crippen molar-refractivity contribution in [2.75, 3.05) is 0 Å². The van der Waals surface area contributed by atoms with Crippen LogP contribution in [0.5, 0.6) is 5.75 Å². The first-order valence-corrected chi connectivity index (χ1v) is 9.58. The quantitative estimate of drug-likeness (QED) is 0.513. The summed E-state index contributed by atoms with van der Waals surface area (Å²) >= 11 is 12.6. The van der Waals surface area contributed by atoms with E-state index in [-0.39, 0.29) is 6.04 Å². The topological polar surface area (TPSA) is 24.8 Å². The minimum Gasteiger partial charge on any atom is -0.464 e. The molecular weight excluding hydrogens is 379 g/mol. The fourth-order valence-electron chi connectivity index (χ4n) is 3.75. The van der Waals surface area contributed by atoms with Crippen LogP contribution in [-0.2, 0) is 0 Å². The van der Waals surface area contributed by atoms with Crippen LogP contribution >= 0.6 is 23.2 Å². The highest BCUT2D eigenvalue weighted by Gasteiger charge is 2.41. The van der Waals surface area contributed by atoms with Crippen LogP contribution in [0.25, 0.3) is 0 Å². The van der Waals surface area contributed by atoms with E-state index in [1.54, 1.807) is 6.07 Å². The lowest BCUT2D eigenvalue weighted by atomic mass is 9.96. The van der Waals surface area contributed by atoms with Gasteiger partial charge in [-0.1, -0.05) is 77.8 Å². The molecule has 0 bridgehead atoms. The van der Waals surface area contributed by atoms with Gasteiger partial charge in [-0.25, -0.2) is 5.01 Å². The Morgan fingerprint density at radius 3 is 2.48 bits per heavy atom. The molecule has 0 fully saturated rings. The zero-order chi connectivity index (χ0) is 18.4. The summed E-state index contributed by atoms with van der Waals surface area (Å²) in [5, 5.41) is 8.14. The normalized spacial score (nSPS) is 20.5. The van der Waals surface area contributed by atoms with Crippen LogP contribution in [0, 0.1) is 0 Å². The average Bonchev–Trinajstić information content (AvgIpc) is 3.14. The predicted molar refractivity (Wildman–Crippen MR) is 108 cm³/mol. The van der Waals surface area contributed by atoms with Gasteiger partial charge in [-0.05, 0) is 23.8 Å². The van der Waals surface area contributed by atoms with E-state index in [0.29, 0.717) is 10.0 Å². The Bertz CT molecular complexity index is 1040. The number of ether oxygens (including phenoxy) is 1. The maximum Gasteiger partial charge on any atom is 0.215 e. The van der Waals surface area contributed by atoms with Crippen molar-refractivity contribution in [3.8, 4) is 5.75 Å². The van der Waals surface area contributed by atoms with Gasteiger partial charge in [0.15, 0.2) is 0 Å². The molecule has 0 unspecified atom stereocenters. The number of nitrogens with zero attached hydrogens (tertiary/aromatic N) is 2. The molecule has 0 saturated heterocycles. The van der Waals surface area contributed by atoms with Crippen molar-refractivity contribution in [1.29, 1.82) is 0 Å². The highest BCUT2D eigenvalue weighted by atomic mass is 35.5. The number of rotatable bonds is 2. The van der Waals surface area contributed by atoms with Gasteiger partial charge in [0.2, 0.25) is 6.23 Å². The van der Waals surface area contributed by atoms with Crippen molar-refractivity contribution >= 4 is 28.9 Å². The van der Waals surface area contributed by atoms with E-state index < -0.39 is 6.23 Å². The first-order valence-electron chi connectivity index (χ1n) is 8.82. The van der Waals surface area contributed by atoms with Gasteiger partial charge in [0, 0.05) is 22.6 Å². The van der Waals surface area contributed by atoms with Crippen LogP contribution in [0.1, 0.15) is 35.4 Å². The molecule has 2 aliphatic heterocycles. The van der Waals surface area contributed by atoms with Gasteiger partial charge >= 0.3 is 0 Å². The second-order valence-electron chi connectivity index (χ2n) is 6.69. The largest absolute Gasteiger partial charge is 0.464 e. The summed E-state index contributed by atoms with van der Waals surface area (Å²) < 4.78 is 6.33. The molecule has 3 aromatic carbocycles. The Hall–Kier alpha value is -2.49. The van der Waals surface area contributed by atoms with E-state index in [2.05, 4.69) is 18.2 Å². The zero-order valence-electron chi connectivity index (χ0n) is 14.3. The van der Waals surface area contributed by atoms with Crippen molar-refractivity contribution in [2.24, 2.45) is 5.10 Å². The van der Waals surface area contributed by atoms with Crippen LogP contribution in [0.3, 0.4) is 0 Å². The van der Waals surface area contributed by atoms with Gasteiger partial charge in [-0.3, -0.25) is 0 Å². The first-order chi connectivity index (χ1) is 13.2. The third-order valence-corrected chi connectivity index (χ3v) is 5.60. The second-order valence-corrected chi connectivity index (χ2v) is 7.53. The Labute approximate surface area is 167 Å². The molecule has 0 radical (unpaired) electrons. The SMILES string of the molecule is Clc1ccc([C@@H]2Oc3ccccc3[C@@H]3CC(c4ccccc4)=NN32)c(Cl)c1. The Morgan fingerprint density at radius 1 is 0.889 bits per heavy atom. The molecule has 0 N–H and O–H groups in total. The maximum absolute atomic E-state index is 6.49. The van der Waals surface area contributed by atoms with Gasteiger partial charge < -0.3 is 4.74 Å². The van der Waals surface area contributed by atoms with E-state index in [1.165, 1.54) is 0 Å². The molecule has 3 aromatic rings. The number of para-hydroxylation sites is 1. The van der Waals surface area contributed by atoms with Gasteiger partial charge in [0.1, 0.15) is 5.75 Å². The molecule has 2 aliphatic rings. The smallest absolute Gasteiger partial charge is 0.215 e. The summed E-state index contributed by atoms with van der Waals surface area (Å²) in [6, 6.07) is 24.0. The summed E-state index contributed by atoms with van der Waals surface area (Å²) in [5.41, 5.74) is 4.19. The molecule has 0 saturated carbocycles. The number of hydrazone groups is 1. The van der Waals surface area contributed by atoms with E-state index in [0.717, 1.165) is 34.6 Å². The average molecular weight is 395 g/mol. The molecule has 0 aromatic heterocycles. The molecule has 27 heavy (non-hydrogen) atoms. The summed E-state index contributed by atoms with van der Waals surface area (Å²) in [6.07, 6.45) is 0.433. The third-order valence-electron chi connectivity index (χ3n) is 5.03. The predicted octanol–water partition coefficient (Wildman–Crippen LogP) is 6.24. The lowest BCUT2D eigenvalue weighted by molar-refractivity contribution is -0.0189. The maximum atomic E-state index is 6.49. The van der Waals surface area contributed by atoms with Gasteiger partial charge in [0.05, 0.1) is 16.8 Å². The number of fused-ring (bicyclic) bond motifs is 3. The highest BCUT2D eigenvalue weighted by molar-refractivity contribution is 6.35. The minimum absolute atomic E-state index is 0.113. The van der Waals surface area contributed by atoms with Gasteiger partial charge in [-0.2, -0.15) is 5.10 Å². The molecule has 0 spiro atoms. The molecule has 5 heteroatoms. The molecule has 5 rings (SSSR count). The van der Waals surface area contributed by atoms with Gasteiger partial charge in [-0.15, -0.1) is 0 Å². The summed E-state index contributed by atoms with van der Waals surface area (Å²) in [7, 11) is 0. The van der Waals surface area contributed by atoms with E-state index >= 15 is 0 Å². The Balaban J connectivity index is 1.62. The van der Waals surface area contributed by atoms with E-state index in [9.17, 15) is 0 Å². The fourth-order valence-corrected chi connectivity index (χ4v) is 4.25. The second kappa shape index (κ2) is 6.59. The summed E-state index contributed by atoms with van der Waals surface area (Å²) in [4.78, 5) is 0. The minimum atomic E-state index is -0.393. The zero-order valence-corrected chi connectivity index (χ0v) is 15.9. The third kappa shape index (κ3) is 2.88. The van der Waals surface area contributed by atoms with Gasteiger partial charge in [0.25, 0.3) is 0 Å². The van der Waals surface area contributed by atoms with E-state index in [1.807, 2.05) is 53.5 Å². The lowest BCUT2D eigenvalue weighted by Crippen LogP contribution is -2.33. The Morgan fingerprint density at radius 2 is 1.67 bits per heavy atom. The summed E-state index contributed by atoms with van der Waals surface area (Å²) in [5.74, 6) is 0.874. The van der Waals surface area contributed by atoms with Crippen LogP contribution in [0.4, 0.5) is 0 Å². The molecule has 3 nitrogen and oxygen atoms in total. The number of hydrogen-bond donors (Lipinski definition) is 0. The van der Waals surface area contributed by atoms with Crippen LogP contribution in [-0.4, -0.2) is 10.7 Å². The molecule has 0 aliphatic carbocycles. The highest BCUT2D eigenvalue weighted by Crippen LogP contribution is 2.48. The van der Waals surface area contributed by atoms with Crippen molar-refractivity contribution in [1.82, 2.24) is 5.01 Å². The van der Waals surface area contributed by atoms with Crippen LogP contribution in [0.15, 0.2) is 77.9 Å². The molecule has 2 atom stereocenters. The lowest BCUT2D eigenvalue weighted by Gasteiger charge is -2.38. The van der Waals surface area contributed by atoms with Crippen LogP contribution < -0.4 is 4.74 Å². The molecular formula is C22H16Cl2N2O. The van der Waals surface area contributed by atoms with Crippen molar-refractivity contribution in [3.05, 3.63) is 99.5 Å². The van der Waals surface area contributed by atoms with Crippen molar-refractivity contribution < 1.29 is 4.74 Å². The van der Waals surface area contributed by atoms with E-state index in [4.69, 9.17) is 33.0 Å². The fraction of sp³-hybridized carbons (Fsp3) is 0.136. The number of hydrogen-bond acceptors (Lipinski definition) is 3. The van der Waals surface area contributed by atoms with Crippen molar-refractivity contribution in [2.45, 2.75) is 18.7 Å². The first kappa shape index (κ1) is 16.7. The monoisotopic (exact) mass is 394 g/mol. The van der Waals surface area contributed by atoms with Crippen molar-refractivity contribution in [3.63, 3.8) is 0 Å². The number of halogens is 2. The number of benzene rings is 3. The van der Waals surface area contributed by atoms with Crippen LogP contribution in [0.2, 0.25) is 10.0 Å². The standard InChI is InChI=1S/C22H16Cl2N2O/c23-15-10-11-16(18(24)12-15)22-26-20(17-8-4-5-9-21(17)27-22)13-19(25-26)14-6-2-1-3-7-14/h1-12,20,22H,13H2/t20-,22-/m0/s1. The molecule has 0 amide bonds. The molecule has 2 heterocycles. The molecule has 134 valence electrons.